The van der Waals surface area contributed by atoms with Crippen molar-refractivity contribution in [3.63, 3.8) is 0 Å². The maximum Gasteiger partial charge on any atom is 0.313 e. The van der Waals surface area contributed by atoms with Crippen LogP contribution in [0.2, 0.25) is 5.02 Å². The van der Waals surface area contributed by atoms with Crippen LogP contribution < -0.4 is 0 Å². The summed E-state index contributed by atoms with van der Waals surface area (Å²) in [5, 5.41) is 0.682. The van der Waals surface area contributed by atoms with E-state index in [-0.39, 0.29) is 24.8 Å². The van der Waals surface area contributed by atoms with Gasteiger partial charge in [0, 0.05) is 11.1 Å². The van der Waals surface area contributed by atoms with Gasteiger partial charge >= 0.3 is 5.97 Å². The lowest BCUT2D eigenvalue weighted by molar-refractivity contribution is -0.145. The number of benzene rings is 1. The second-order valence-electron chi connectivity index (χ2n) is 4.66. The van der Waals surface area contributed by atoms with E-state index in [4.69, 9.17) is 16.3 Å². The van der Waals surface area contributed by atoms with Gasteiger partial charge in [0.15, 0.2) is 5.78 Å². The summed E-state index contributed by atoms with van der Waals surface area (Å²) in [7, 11) is 1.85. The van der Waals surface area contributed by atoms with Gasteiger partial charge in [-0.1, -0.05) is 23.7 Å². The molecular weight excluding hydrogens is 278 g/mol. The SMILES string of the molecule is CCOC(=O)CC(=O)CN(C)C(C)c1ccc(Cl)cc1. The molecule has 0 spiro atoms. The number of Topliss-reactive ketones (excluding diaryl/α,β-unsaturated/α-hetero) is 1. The molecule has 0 aromatic heterocycles. The molecule has 0 heterocycles. The summed E-state index contributed by atoms with van der Waals surface area (Å²) in [6.07, 6.45) is -0.175. The van der Waals surface area contributed by atoms with Gasteiger partial charge in [-0.3, -0.25) is 14.5 Å². The van der Waals surface area contributed by atoms with Crippen molar-refractivity contribution in [1.82, 2.24) is 4.90 Å². The van der Waals surface area contributed by atoms with E-state index in [0.717, 1.165) is 5.56 Å². The number of nitrogens with zero attached hydrogens (tertiary/aromatic N) is 1. The predicted octanol–water partition coefficient (Wildman–Crippen LogP) is 2.86. The fraction of sp³-hybridized carbons (Fsp3) is 0.467. The Morgan fingerprint density at radius 3 is 2.45 bits per heavy atom. The summed E-state index contributed by atoms with van der Waals surface area (Å²) in [6, 6.07) is 7.57. The van der Waals surface area contributed by atoms with Gasteiger partial charge in [0.25, 0.3) is 0 Å². The maximum absolute atomic E-state index is 11.8. The van der Waals surface area contributed by atoms with E-state index in [2.05, 4.69) is 0 Å². The summed E-state index contributed by atoms with van der Waals surface area (Å²) in [5.41, 5.74) is 1.07. The lowest BCUT2D eigenvalue weighted by Crippen LogP contribution is -2.30. The van der Waals surface area contributed by atoms with Crippen molar-refractivity contribution < 1.29 is 14.3 Å². The zero-order valence-electron chi connectivity index (χ0n) is 12.1. The first kappa shape index (κ1) is 16.7. The molecule has 1 aromatic carbocycles. The number of hydrogen-bond donors (Lipinski definition) is 0. The molecule has 0 bridgehead atoms. The topological polar surface area (TPSA) is 46.6 Å². The predicted molar refractivity (Wildman–Crippen MR) is 78.8 cm³/mol. The van der Waals surface area contributed by atoms with Crippen molar-refractivity contribution in [1.29, 1.82) is 0 Å². The molecule has 0 aliphatic carbocycles. The summed E-state index contributed by atoms with van der Waals surface area (Å²) in [5.74, 6) is -0.614. The smallest absolute Gasteiger partial charge is 0.313 e. The standard InChI is InChI=1S/C15H20ClNO3/c1-4-20-15(19)9-14(18)10-17(3)11(2)12-5-7-13(16)8-6-12/h5-8,11H,4,9-10H2,1-3H3. The number of hydrogen-bond acceptors (Lipinski definition) is 4. The van der Waals surface area contributed by atoms with Crippen LogP contribution in [0.4, 0.5) is 0 Å². The second-order valence-corrected chi connectivity index (χ2v) is 5.10. The third kappa shape index (κ3) is 5.31. The third-order valence-electron chi connectivity index (χ3n) is 3.09. The van der Waals surface area contributed by atoms with Gasteiger partial charge in [-0.2, -0.15) is 0 Å². The van der Waals surface area contributed by atoms with Crippen LogP contribution in [0.3, 0.4) is 0 Å². The van der Waals surface area contributed by atoms with E-state index < -0.39 is 5.97 Å². The molecule has 0 N–H and O–H groups in total. The molecule has 0 saturated carbocycles. The molecule has 5 heteroatoms. The fourth-order valence-electron chi connectivity index (χ4n) is 1.84. The Labute approximate surface area is 124 Å². The van der Waals surface area contributed by atoms with E-state index in [0.29, 0.717) is 11.6 Å². The Morgan fingerprint density at radius 2 is 1.90 bits per heavy atom. The van der Waals surface area contributed by atoms with Gasteiger partial charge in [-0.05, 0) is 38.6 Å². The van der Waals surface area contributed by atoms with Gasteiger partial charge in [0.05, 0.1) is 13.2 Å². The molecule has 0 radical (unpaired) electrons. The van der Waals surface area contributed by atoms with Crippen LogP contribution in [0, 0.1) is 0 Å². The Morgan fingerprint density at radius 1 is 1.30 bits per heavy atom. The van der Waals surface area contributed by atoms with Crippen LogP contribution in [0.1, 0.15) is 31.9 Å². The monoisotopic (exact) mass is 297 g/mol. The van der Waals surface area contributed by atoms with Crippen LogP contribution in [-0.4, -0.2) is 36.9 Å². The van der Waals surface area contributed by atoms with Gasteiger partial charge < -0.3 is 4.74 Å². The maximum atomic E-state index is 11.8. The van der Waals surface area contributed by atoms with Crippen molar-refractivity contribution in [3.05, 3.63) is 34.9 Å². The van der Waals surface area contributed by atoms with E-state index in [1.54, 1.807) is 6.92 Å². The highest BCUT2D eigenvalue weighted by Gasteiger charge is 2.17. The molecule has 0 aliphatic heterocycles. The number of likely N-dealkylation sites (N-methyl/N-ethyl adjacent to an activating group) is 1. The summed E-state index contributed by atoms with van der Waals surface area (Å²) < 4.78 is 4.76. The highest BCUT2D eigenvalue weighted by atomic mass is 35.5. The van der Waals surface area contributed by atoms with Gasteiger partial charge in [0.2, 0.25) is 0 Å². The highest BCUT2D eigenvalue weighted by molar-refractivity contribution is 6.30. The van der Waals surface area contributed by atoms with E-state index in [9.17, 15) is 9.59 Å². The molecule has 0 aliphatic rings. The van der Waals surface area contributed by atoms with Crippen LogP contribution in [0.5, 0.6) is 0 Å². The van der Waals surface area contributed by atoms with Gasteiger partial charge in [-0.25, -0.2) is 0 Å². The summed E-state index contributed by atoms with van der Waals surface area (Å²) >= 11 is 5.85. The average Bonchev–Trinajstić information content (AvgIpc) is 2.38. The molecule has 0 amide bonds. The van der Waals surface area contributed by atoms with Crippen molar-refractivity contribution in [2.24, 2.45) is 0 Å². The number of rotatable bonds is 7. The van der Waals surface area contributed by atoms with Gasteiger partial charge in [-0.15, -0.1) is 0 Å². The zero-order chi connectivity index (χ0) is 15.1. The molecule has 4 nitrogen and oxygen atoms in total. The lowest BCUT2D eigenvalue weighted by Gasteiger charge is -2.24. The second kappa shape index (κ2) is 8.02. The molecule has 1 rings (SSSR count). The molecule has 20 heavy (non-hydrogen) atoms. The highest BCUT2D eigenvalue weighted by Crippen LogP contribution is 2.20. The molecule has 110 valence electrons. The number of ketones is 1. The molecular formula is C15H20ClNO3. The number of ether oxygens (including phenoxy) is 1. The minimum absolute atomic E-state index is 0.0680. The van der Waals surface area contributed by atoms with Gasteiger partial charge in [0.1, 0.15) is 6.42 Å². The van der Waals surface area contributed by atoms with E-state index in [1.165, 1.54) is 0 Å². The van der Waals surface area contributed by atoms with Crippen LogP contribution in [0.25, 0.3) is 0 Å². The minimum Gasteiger partial charge on any atom is -0.466 e. The van der Waals surface area contributed by atoms with Crippen LogP contribution in [-0.2, 0) is 14.3 Å². The molecule has 0 fully saturated rings. The van der Waals surface area contributed by atoms with Crippen molar-refractivity contribution in [2.75, 3.05) is 20.2 Å². The number of carbonyl (C=O) groups excluding carboxylic acids is 2. The quantitative estimate of drug-likeness (QED) is 0.573. The first-order valence-corrected chi connectivity index (χ1v) is 6.94. The van der Waals surface area contributed by atoms with Crippen molar-refractivity contribution in [3.8, 4) is 0 Å². The van der Waals surface area contributed by atoms with Crippen molar-refractivity contribution >= 4 is 23.4 Å². The number of esters is 1. The Kier molecular flexibility index (Phi) is 6.68. The van der Waals surface area contributed by atoms with Crippen LogP contribution >= 0.6 is 11.6 Å². The minimum atomic E-state index is -0.468. The molecule has 0 saturated heterocycles. The third-order valence-corrected chi connectivity index (χ3v) is 3.34. The number of carbonyl (C=O) groups is 2. The normalized spacial score (nSPS) is 12.2. The average molecular weight is 298 g/mol. The van der Waals surface area contributed by atoms with E-state index >= 15 is 0 Å². The lowest BCUT2D eigenvalue weighted by atomic mass is 10.1. The largest absolute Gasteiger partial charge is 0.466 e. The molecule has 1 unspecified atom stereocenters. The Bertz CT molecular complexity index is 459. The fourth-order valence-corrected chi connectivity index (χ4v) is 1.97. The first-order chi connectivity index (χ1) is 9.43. The first-order valence-electron chi connectivity index (χ1n) is 6.57. The Hall–Kier alpha value is -1.39. The summed E-state index contributed by atoms with van der Waals surface area (Å²) in [4.78, 5) is 24.9. The van der Waals surface area contributed by atoms with E-state index in [1.807, 2.05) is 43.1 Å². The number of halogens is 1. The molecule has 1 aromatic rings. The van der Waals surface area contributed by atoms with Crippen LogP contribution in [0.15, 0.2) is 24.3 Å². The zero-order valence-corrected chi connectivity index (χ0v) is 12.8. The van der Waals surface area contributed by atoms with Crippen molar-refractivity contribution in [2.45, 2.75) is 26.3 Å². The Balaban J connectivity index is 2.53. The molecule has 1 atom stereocenters. The summed E-state index contributed by atoms with van der Waals surface area (Å²) in [6.45, 7) is 4.23.